The molecule has 1 aromatic heterocycles. The lowest BCUT2D eigenvalue weighted by molar-refractivity contribution is -0.683. The normalized spacial score (nSPS) is 13.0. The standard InChI is InChI=1S/C19H24N6O2/c1-23-9-10-25(14-23)13-19(26)22-15-5-6-17(16(20)12-15)27-11-3-4-18-21-7-8-24(18)2/h5-10,12,14H,3-4,11,13,20H2,1-2H3/q+1/p+1. The number of carbonyl (C=O) groups is 1. The highest BCUT2D eigenvalue weighted by atomic mass is 16.5. The van der Waals surface area contributed by atoms with Gasteiger partial charge in [-0.2, -0.15) is 0 Å². The Balaban J connectivity index is 1.46. The molecule has 0 unspecified atom stereocenters. The fourth-order valence-electron chi connectivity index (χ4n) is 2.77. The average Bonchev–Trinajstić information content (AvgIpc) is 3.21. The molecule has 3 N–H and O–H groups in total. The molecular weight excluding hydrogens is 344 g/mol. The third-order valence-corrected chi connectivity index (χ3v) is 4.17. The van der Waals surface area contributed by atoms with Crippen LogP contribution >= 0.6 is 0 Å². The van der Waals surface area contributed by atoms with Gasteiger partial charge in [-0.3, -0.25) is 4.79 Å². The molecule has 1 aliphatic heterocycles. The summed E-state index contributed by atoms with van der Waals surface area (Å²) in [4.78, 5) is 18.4. The van der Waals surface area contributed by atoms with Crippen molar-refractivity contribution in [3.63, 3.8) is 0 Å². The first-order valence-corrected chi connectivity index (χ1v) is 8.80. The van der Waals surface area contributed by atoms with Crippen molar-refractivity contribution in [3.8, 4) is 5.75 Å². The van der Waals surface area contributed by atoms with E-state index in [0.29, 0.717) is 23.7 Å². The van der Waals surface area contributed by atoms with E-state index < -0.39 is 0 Å². The molecule has 141 valence electrons. The van der Waals surface area contributed by atoms with Crippen molar-refractivity contribution in [1.82, 2.24) is 14.5 Å². The molecule has 2 heterocycles. The Morgan fingerprint density at radius 3 is 2.89 bits per heavy atom. The number of nitrogens with zero attached hydrogens (tertiary/aromatic N) is 4. The summed E-state index contributed by atoms with van der Waals surface area (Å²) in [5.41, 5.74) is 7.20. The smallest absolute Gasteiger partial charge is 0.298 e. The number of nitrogens with two attached hydrogens (primary N) is 1. The van der Waals surface area contributed by atoms with Crippen LogP contribution in [0.2, 0.25) is 0 Å². The number of imidazole rings is 1. The molecule has 8 nitrogen and oxygen atoms in total. The zero-order chi connectivity index (χ0) is 19.2. The largest absolute Gasteiger partial charge is 0.491 e. The maximum Gasteiger partial charge on any atom is 0.298 e. The number of amidine groups is 1. The van der Waals surface area contributed by atoms with Crippen molar-refractivity contribution in [2.24, 2.45) is 7.05 Å². The van der Waals surface area contributed by atoms with Gasteiger partial charge in [0.25, 0.3) is 11.7 Å². The van der Waals surface area contributed by atoms with Crippen LogP contribution in [0.5, 0.6) is 5.75 Å². The van der Waals surface area contributed by atoms with Crippen LogP contribution in [0, 0.1) is 0 Å². The number of hydrogen-bond acceptors (Lipinski definition) is 5. The molecular formula is C19H25N6O2+2. The van der Waals surface area contributed by atoms with Gasteiger partial charge in [0, 0.05) is 5.69 Å². The fourth-order valence-corrected chi connectivity index (χ4v) is 2.77. The van der Waals surface area contributed by atoms with Crippen molar-refractivity contribution in [3.05, 3.63) is 49.3 Å². The lowest BCUT2D eigenvalue weighted by Gasteiger charge is -2.11. The Hall–Kier alpha value is -3.29. The maximum atomic E-state index is 12.1. The van der Waals surface area contributed by atoms with E-state index in [2.05, 4.69) is 10.3 Å². The molecule has 8 heteroatoms. The van der Waals surface area contributed by atoms with E-state index in [9.17, 15) is 4.79 Å². The van der Waals surface area contributed by atoms with Crippen LogP contribution < -0.4 is 25.3 Å². The Bertz CT molecular complexity index is 871. The summed E-state index contributed by atoms with van der Waals surface area (Å²) in [6.07, 6.45) is 11.0. The number of aliphatic imine (C=N–C) groups is 1. The van der Waals surface area contributed by atoms with E-state index in [4.69, 9.17) is 10.5 Å². The summed E-state index contributed by atoms with van der Waals surface area (Å²) >= 11 is 0. The highest BCUT2D eigenvalue weighted by molar-refractivity contribution is 5.90. The maximum absolute atomic E-state index is 12.1. The van der Waals surface area contributed by atoms with E-state index in [1.165, 1.54) is 0 Å². The molecule has 1 amide bonds. The van der Waals surface area contributed by atoms with Crippen molar-refractivity contribution in [2.75, 3.05) is 24.7 Å². The van der Waals surface area contributed by atoms with Gasteiger partial charge in [-0.15, -0.1) is 0 Å². The summed E-state index contributed by atoms with van der Waals surface area (Å²) in [7, 11) is 3.88. The van der Waals surface area contributed by atoms with Gasteiger partial charge in [-0.05, 0) is 24.6 Å². The number of rotatable bonds is 8. The number of carbonyl (C=O) groups excluding carboxylic acids is 1. The topological polar surface area (TPSA) is 90.5 Å². The molecule has 0 bridgehead atoms. The molecule has 27 heavy (non-hydrogen) atoms. The molecule has 0 spiro atoms. The van der Waals surface area contributed by atoms with Gasteiger partial charge in [0.15, 0.2) is 12.7 Å². The predicted octanol–water partition coefficient (Wildman–Crippen LogP) is 0.843. The van der Waals surface area contributed by atoms with E-state index >= 15 is 0 Å². The highest BCUT2D eigenvalue weighted by Crippen LogP contribution is 2.25. The number of nitrogen functional groups attached to an aromatic ring is 1. The van der Waals surface area contributed by atoms with Gasteiger partial charge >= 0.3 is 0 Å². The first-order valence-electron chi connectivity index (χ1n) is 8.80. The minimum atomic E-state index is -0.116. The van der Waals surface area contributed by atoms with Crippen LogP contribution in [0.25, 0.3) is 0 Å². The Kier molecular flexibility index (Phi) is 5.75. The zero-order valence-corrected chi connectivity index (χ0v) is 15.6. The predicted molar refractivity (Wildman–Crippen MR) is 104 cm³/mol. The van der Waals surface area contributed by atoms with Crippen LogP contribution in [0.15, 0.2) is 49.3 Å². The van der Waals surface area contributed by atoms with Crippen molar-refractivity contribution in [1.29, 1.82) is 0 Å². The van der Waals surface area contributed by atoms with Gasteiger partial charge in [-0.1, -0.05) is 4.99 Å². The minimum Gasteiger partial charge on any atom is -0.491 e. The lowest BCUT2D eigenvalue weighted by Crippen LogP contribution is -2.38. The summed E-state index contributed by atoms with van der Waals surface area (Å²) in [5, 5.41) is 2.84. The molecule has 0 aliphatic carbocycles. The van der Waals surface area contributed by atoms with Gasteiger partial charge in [-0.25, -0.2) is 14.0 Å². The molecule has 1 radical (unpaired) electrons. The highest BCUT2D eigenvalue weighted by Gasteiger charge is 2.18. The van der Waals surface area contributed by atoms with E-state index in [1.807, 2.05) is 48.5 Å². The number of nitrogens with one attached hydrogen (secondary N) is 1. The quantitative estimate of drug-likeness (QED) is 0.410. The lowest BCUT2D eigenvalue weighted by atomic mass is 10.2. The van der Waals surface area contributed by atoms with Gasteiger partial charge in [0.05, 0.1) is 32.8 Å². The first-order chi connectivity index (χ1) is 13.0. The van der Waals surface area contributed by atoms with E-state index in [-0.39, 0.29) is 12.5 Å². The number of benzene rings is 1. The van der Waals surface area contributed by atoms with E-state index in [1.54, 1.807) is 29.0 Å². The average molecular weight is 369 g/mol. The zero-order valence-electron chi connectivity index (χ0n) is 15.6. The van der Waals surface area contributed by atoms with E-state index in [0.717, 1.165) is 18.7 Å². The monoisotopic (exact) mass is 369 g/mol. The third-order valence-electron chi connectivity index (χ3n) is 4.17. The minimum absolute atomic E-state index is 0.116. The number of aryl methyl sites for hydroxylation is 1. The Morgan fingerprint density at radius 2 is 2.22 bits per heavy atom. The molecule has 0 atom stereocenters. The summed E-state index contributed by atoms with van der Waals surface area (Å²) < 4.78 is 9.44. The number of hydrogen-bond donors (Lipinski definition) is 2. The van der Waals surface area contributed by atoms with Gasteiger partial charge in [0.2, 0.25) is 6.33 Å². The number of amides is 1. The van der Waals surface area contributed by atoms with Crippen LogP contribution in [0.3, 0.4) is 0 Å². The number of anilines is 2. The third kappa shape index (κ3) is 5.10. The summed E-state index contributed by atoms with van der Waals surface area (Å²) in [5.74, 6) is 1.53. The second kappa shape index (κ2) is 8.39. The summed E-state index contributed by atoms with van der Waals surface area (Å²) in [6.45, 7) is 0.791. The second-order valence-electron chi connectivity index (χ2n) is 6.46. The molecule has 1 aromatic carbocycles. The molecule has 0 saturated carbocycles. The number of aromatic nitrogens is 2. The number of ether oxygens (including phenoxy) is 1. The van der Waals surface area contributed by atoms with Crippen molar-refractivity contribution in [2.45, 2.75) is 19.4 Å². The van der Waals surface area contributed by atoms with Crippen molar-refractivity contribution < 1.29 is 14.1 Å². The van der Waals surface area contributed by atoms with Crippen LogP contribution in [0.4, 0.5) is 11.4 Å². The second-order valence-corrected chi connectivity index (χ2v) is 6.46. The Labute approximate surface area is 158 Å². The summed E-state index contributed by atoms with van der Waals surface area (Å²) in [6, 6.07) is 5.28. The van der Waals surface area contributed by atoms with Crippen LogP contribution in [-0.4, -0.2) is 34.9 Å². The molecule has 0 fully saturated rings. The SMILES string of the molecule is CN1C=C[N+]=C1CCCOc1ccc(NC(=O)C[n+]2ccn(C)c2)cc1N. The van der Waals surface area contributed by atoms with Crippen LogP contribution in [-0.2, 0) is 18.4 Å². The fraction of sp³-hybridized carbons (Fsp3) is 0.316. The van der Waals surface area contributed by atoms with Gasteiger partial charge in [0.1, 0.15) is 24.3 Å². The first kappa shape index (κ1) is 18.5. The van der Waals surface area contributed by atoms with Crippen molar-refractivity contribution >= 4 is 23.1 Å². The van der Waals surface area contributed by atoms with Crippen LogP contribution in [0.1, 0.15) is 12.8 Å². The van der Waals surface area contributed by atoms with Gasteiger partial charge < -0.3 is 15.8 Å². The molecule has 0 saturated heterocycles. The molecule has 2 aromatic rings. The molecule has 3 rings (SSSR count). The molecule has 1 aliphatic rings. The Morgan fingerprint density at radius 1 is 1.37 bits per heavy atom.